The van der Waals surface area contributed by atoms with E-state index in [1.54, 1.807) is 0 Å². The van der Waals surface area contributed by atoms with Gasteiger partial charge in [0.15, 0.2) is 11.5 Å². The summed E-state index contributed by atoms with van der Waals surface area (Å²) in [4.78, 5) is 0. The molecule has 0 aromatic heterocycles. The van der Waals surface area contributed by atoms with Crippen LogP contribution in [-0.4, -0.2) is 78.0 Å². The Bertz CT molecular complexity index is 1530. The standard InChI is InChI=1S/C44H62NO5/c1-4-5-6-7-8-9-10-11-12-17-24-45(2,3)35-42-39-20-15-13-18-37(39)41(38-19-14-16-21-40(38)42)33-36-22-23-43-44(34-36)50-32-30-48-28-26-46-25-27-47-29-31-49-43/h13-16,18-23,34H,4-12,17,24-33,35H2,1-3H3/q+1. The summed E-state index contributed by atoms with van der Waals surface area (Å²) in [5.74, 6) is 1.48. The molecule has 4 aromatic rings. The highest BCUT2D eigenvalue weighted by atomic mass is 16.6. The number of ether oxygens (including phenoxy) is 5. The SMILES string of the molecule is CCCCCCCCCCCC[N+](C)(C)Cc1c2ccccc2c(Cc2ccc3c(c2)OCCOCCOCCOCCO3)c2ccccc12. The summed E-state index contributed by atoms with van der Waals surface area (Å²) in [6.07, 6.45) is 14.5. The number of unbranched alkanes of at least 4 members (excludes halogenated alkanes) is 9. The van der Waals surface area contributed by atoms with Crippen LogP contribution in [0.15, 0.2) is 66.7 Å². The fraction of sp³-hybridized carbons (Fsp3) is 0.545. The van der Waals surface area contributed by atoms with E-state index in [2.05, 4.69) is 81.7 Å². The zero-order valence-corrected chi connectivity index (χ0v) is 31.2. The quantitative estimate of drug-likeness (QED) is 0.0709. The third kappa shape index (κ3) is 11.7. The fourth-order valence-corrected chi connectivity index (χ4v) is 7.27. The molecule has 272 valence electrons. The smallest absolute Gasteiger partial charge is 0.161 e. The summed E-state index contributed by atoms with van der Waals surface area (Å²) in [7, 11) is 4.82. The fourth-order valence-electron chi connectivity index (χ4n) is 7.27. The molecular formula is C44H62NO5+. The second-order valence-electron chi connectivity index (χ2n) is 14.5. The van der Waals surface area contributed by atoms with Crippen LogP contribution in [0, 0.1) is 0 Å². The molecule has 0 saturated carbocycles. The van der Waals surface area contributed by atoms with Gasteiger partial charge in [0.1, 0.15) is 19.8 Å². The molecular weight excluding hydrogens is 622 g/mol. The predicted octanol–water partition coefficient (Wildman–Crippen LogP) is 9.90. The van der Waals surface area contributed by atoms with E-state index in [1.807, 2.05) is 6.07 Å². The third-order valence-electron chi connectivity index (χ3n) is 9.96. The normalized spacial score (nSPS) is 15.2. The molecule has 0 N–H and O–H groups in total. The van der Waals surface area contributed by atoms with Crippen molar-refractivity contribution in [2.75, 3.05) is 73.5 Å². The van der Waals surface area contributed by atoms with E-state index >= 15 is 0 Å². The Hall–Kier alpha value is -3.16. The number of fused-ring (bicyclic) bond motifs is 3. The topological polar surface area (TPSA) is 46.2 Å². The maximum atomic E-state index is 6.23. The van der Waals surface area contributed by atoms with Crippen LogP contribution in [-0.2, 0) is 27.2 Å². The van der Waals surface area contributed by atoms with Crippen LogP contribution in [0.25, 0.3) is 21.5 Å². The second kappa shape index (κ2) is 20.6. The number of quaternary nitrogens is 1. The molecule has 0 radical (unpaired) electrons. The summed E-state index contributed by atoms with van der Waals surface area (Å²) in [5, 5.41) is 5.40. The number of rotatable bonds is 15. The van der Waals surface area contributed by atoms with E-state index in [4.69, 9.17) is 23.7 Å². The second-order valence-corrected chi connectivity index (χ2v) is 14.5. The molecule has 0 unspecified atom stereocenters. The summed E-state index contributed by atoms with van der Waals surface area (Å²) in [6.45, 7) is 8.60. The van der Waals surface area contributed by atoms with Crippen molar-refractivity contribution in [1.82, 2.24) is 0 Å². The highest BCUT2D eigenvalue weighted by Gasteiger charge is 2.22. The van der Waals surface area contributed by atoms with Gasteiger partial charge in [-0.15, -0.1) is 0 Å². The molecule has 0 fully saturated rings. The first-order valence-corrected chi connectivity index (χ1v) is 19.4. The van der Waals surface area contributed by atoms with Crippen LogP contribution in [0.5, 0.6) is 11.5 Å². The van der Waals surface area contributed by atoms with Crippen molar-refractivity contribution in [3.63, 3.8) is 0 Å². The average Bonchev–Trinajstić information content (AvgIpc) is 3.13. The molecule has 6 heteroatoms. The molecule has 1 aliphatic heterocycles. The molecule has 4 aromatic carbocycles. The van der Waals surface area contributed by atoms with Gasteiger partial charge in [0.25, 0.3) is 0 Å². The lowest BCUT2D eigenvalue weighted by molar-refractivity contribution is -0.903. The lowest BCUT2D eigenvalue weighted by Gasteiger charge is -2.31. The van der Waals surface area contributed by atoms with Gasteiger partial charge in [-0.25, -0.2) is 0 Å². The highest BCUT2D eigenvalue weighted by Crippen LogP contribution is 2.37. The van der Waals surface area contributed by atoms with Crippen LogP contribution >= 0.6 is 0 Å². The van der Waals surface area contributed by atoms with E-state index in [1.165, 1.54) is 109 Å². The number of benzene rings is 4. The van der Waals surface area contributed by atoms with Crippen molar-refractivity contribution in [2.45, 2.75) is 84.1 Å². The first kappa shape index (κ1) is 38.1. The lowest BCUT2D eigenvalue weighted by Crippen LogP contribution is -2.39. The van der Waals surface area contributed by atoms with E-state index in [0.717, 1.165) is 28.9 Å². The first-order valence-electron chi connectivity index (χ1n) is 19.4. The number of nitrogens with zero attached hydrogens (tertiary/aromatic N) is 1. The van der Waals surface area contributed by atoms with Crippen molar-refractivity contribution < 1.29 is 28.2 Å². The van der Waals surface area contributed by atoms with E-state index in [0.29, 0.717) is 52.9 Å². The zero-order valence-electron chi connectivity index (χ0n) is 31.2. The van der Waals surface area contributed by atoms with Gasteiger partial charge in [-0.2, -0.15) is 0 Å². The van der Waals surface area contributed by atoms with E-state index in [-0.39, 0.29) is 0 Å². The van der Waals surface area contributed by atoms with Crippen LogP contribution in [0.4, 0.5) is 0 Å². The molecule has 50 heavy (non-hydrogen) atoms. The molecule has 0 amide bonds. The van der Waals surface area contributed by atoms with Gasteiger partial charge in [-0.3, -0.25) is 0 Å². The Balaban J connectivity index is 1.31. The Labute approximate surface area is 301 Å². The van der Waals surface area contributed by atoms with Gasteiger partial charge in [-0.1, -0.05) is 113 Å². The average molecular weight is 685 g/mol. The van der Waals surface area contributed by atoms with Crippen LogP contribution in [0.2, 0.25) is 0 Å². The minimum atomic E-state index is 0.448. The molecule has 0 saturated heterocycles. The molecule has 6 nitrogen and oxygen atoms in total. The van der Waals surface area contributed by atoms with Crippen molar-refractivity contribution in [2.24, 2.45) is 0 Å². The molecule has 1 aliphatic rings. The third-order valence-corrected chi connectivity index (χ3v) is 9.96. The number of hydrogen-bond acceptors (Lipinski definition) is 5. The highest BCUT2D eigenvalue weighted by molar-refractivity contribution is 6.06. The Kier molecular flexibility index (Phi) is 15.7. The summed E-state index contributed by atoms with van der Waals surface area (Å²) in [6, 6.07) is 24.4. The van der Waals surface area contributed by atoms with Crippen molar-refractivity contribution in [3.05, 3.63) is 83.4 Å². The van der Waals surface area contributed by atoms with E-state index < -0.39 is 0 Å². The van der Waals surface area contributed by atoms with Gasteiger partial charge < -0.3 is 28.2 Å². The lowest BCUT2D eigenvalue weighted by atomic mass is 9.88. The van der Waals surface area contributed by atoms with Gasteiger partial charge in [0.05, 0.1) is 60.3 Å². The van der Waals surface area contributed by atoms with E-state index in [9.17, 15) is 0 Å². The predicted molar refractivity (Wildman–Crippen MR) is 207 cm³/mol. The van der Waals surface area contributed by atoms with Crippen molar-refractivity contribution in [1.29, 1.82) is 0 Å². The summed E-state index contributed by atoms with van der Waals surface area (Å²) in [5.41, 5.74) is 4.01. The van der Waals surface area contributed by atoms with Gasteiger partial charge >= 0.3 is 0 Å². The summed E-state index contributed by atoms with van der Waals surface area (Å²) < 4.78 is 30.3. The Morgan fingerprint density at radius 1 is 0.500 bits per heavy atom. The van der Waals surface area contributed by atoms with Gasteiger partial charge in [-0.05, 0) is 64.1 Å². The summed E-state index contributed by atoms with van der Waals surface area (Å²) >= 11 is 0. The first-order chi connectivity index (χ1) is 24.6. The molecule has 0 bridgehead atoms. The maximum Gasteiger partial charge on any atom is 0.161 e. The Morgan fingerprint density at radius 2 is 0.960 bits per heavy atom. The Morgan fingerprint density at radius 3 is 1.50 bits per heavy atom. The van der Waals surface area contributed by atoms with Crippen molar-refractivity contribution in [3.8, 4) is 11.5 Å². The van der Waals surface area contributed by atoms with Crippen LogP contribution in [0.1, 0.15) is 87.8 Å². The largest absolute Gasteiger partial charge is 0.487 e. The van der Waals surface area contributed by atoms with Gasteiger partial charge in [0, 0.05) is 5.56 Å². The monoisotopic (exact) mass is 684 g/mol. The van der Waals surface area contributed by atoms with Gasteiger partial charge in [0.2, 0.25) is 0 Å². The number of hydrogen-bond donors (Lipinski definition) is 0. The molecule has 1 heterocycles. The molecule has 0 aliphatic carbocycles. The van der Waals surface area contributed by atoms with Crippen LogP contribution in [0.3, 0.4) is 0 Å². The molecule has 5 rings (SSSR count). The van der Waals surface area contributed by atoms with Crippen LogP contribution < -0.4 is 9.47 Å². The van der Waals surface area contributed by atoms with Crippen molar-refractivity contribution >= 4 is 21.5 Å². The zero-order chi connectivity index (χ0) is 34.9. The minimum Gasteiger partial charge on any atom is -0.487 e. The maximum absolute atomic E-state index is 6.23. The molecule has 0 spiro atoms. The molecule has 0 atom stereocenters. The minimum absolute atomic E-state index is 0.448.